The molecular formula is C6H17N2O2S+. The Balaban J connectivity index is 3.22. The highest BCUT2D eigenvalue weighted by molar-refractivity contribution is 7.77. The van der Waals surface area contributed by atoms with E-state index in [4.69, 9.17) is 4.55 Å². The zero-order valence-electron chi connectivity index (χ0n) is 7.33. The van der Waals surface area contributed by atoms with Crippen LogP contribution in [-0.4, -0.2) is 47.5 Å². The fourth-order valence-corrected chi connectivity index (χ4v) is 1.03. The lowest BCUT2D eigenvalue weighted by Crippen LogP contribution is -2.36. The van der Waals surface area contributed by atoms with Gasteiger partial charge in [-0.2, -0.15) is 0 Å². The topological polar surface area (TPSA) is 49.3 Å². The average Bonchev–Trinajstić information content (AvgIpc) is 1.78. The van der Waals surface area contributed by atoms with Crippen LogP contribution in [0.2, 0.25) is 0 Å². The lowest BCUT2D eigenvalue weighted by molar-refractivity contribution is -0.870. The fourth-order valence-electron chi connectivity index (χ4n) is 0.713. The lowest BCUT2D eigenvalue weighted by atomic mass is 10.4. The first kappa shape index (κ1) is 11.0. The Morgan fingerprint density at radius 1 is 1.45 bits per heavy atom. The highest BCUT2D eigenvalue weighted by Gasteiger charge is 2.05. The first-order valence-corrected chi connectivity index (χ1v) is 4.67. The summed E-state index contributed by atoms with van der Waals surface area (Å²) in [5.74, 6) is 0. The fraction of sp³-hybridized carbons (Fsp3) is 1.00. The van der Waals surface area contributed by atoms with Crippen molar-refractivity contribution in [2.45, 2.75) is 6.42 Å². The second-order valence-electron chi connectivity index (χ2n) is 3.51. The maximum Gasteiger partial charge on any atom is 0.231 e. The molecule has 0 aliphatic heterocycles. The second kappa shape index (κ2) is 4.82. The third kappa shape index (κ3) is 10.0. The van der Waals surface area contributed by atoms with Gasteiger partial charge in [0.15, 0.2) is 0 Å². The Morgan fingerprint density at radius 3 is 2.36 bits per heavy atom. The molecule has 0 aromatic heterocycles. The van der Waals surface area contributed by atoms with Crippen molar-refractivity contribution in [2.24, 2.45) is 0 Å². The van der Waals surface area contributed by atoms with E-state index in [1.165, 1.54) is 0 Å². The van der Waals surface area contributed by atoms with Gasteiger partial charge in [-0.25, -0.2) is 8.93 Å². The summed E-state index contributed by atoms with van der Waals surface area (Å²) >= 11 is -1.85. The van der Waals surface area contributed by atoms with Gasteiger partial charge in [0.2, 0.25) is 11.3 Å². The molecule has 11 heavy (non-hydrogen) atoms. The molecule has 68 valence electrons. The zero-order valence-corrected chi connectivity index (χ0v) is 8.15. The quantitative estimate of drug-likeness (QED) is 0.351. The van der Waals surface area contributed by atoms with Gasteiger partial charge in [-0.15, -0.1) is 0 Å². The molecule has 0 bridgehead atoms. The van der Waals surface area contributed by atoms with Crippen molar-refractivity contribution >= 4 is 11.3 Å². The number of nitrogens with zero attached hydrogens (tertiary/aromatic N) is 1. The van der Waals surface area contributed by atoms with Gasteiger partial charge in [0.25, 0.3) is 0 Å². The van der Waals surface area contributed by atoms with E-state index in [0.29, 0.717) is 6.54 Å². The summed E-state index contributed by atoms with van der Waals surface area (Å²) in [6, 6.07) is 0. The van der Waals surface area contributed by atoms with E-state index in [-0.39, 0.29) is 0 Å². The number of nitrogens with one attached hydrogen (secondary N) is 1. The maximum atomic E-state index is 10.1. The third-order valence-electron chi connectivity index (χ3n) is 1.23. The minimum atomic E-state index is -1.85. The molecule has 0 spiro atoms. The molecule has 0 saturated carbocycles. The van der Waals surface area contributed by atoms with Crippen molar-refractivity contribution in [2.75, 3.05) is 34.2 Å². The van der Waals surface area contributed by atoms with E-state index < -0.39 is 11.3 Å². The molecule has 1 unspecified atom stereocenters. The van der Waals surface area contributed by atoms with Crippen LogP contribution >= 0.6 is 0 Å². The second-order valence-corrected chi connectivity index (χ2v) is 4.30. The number of hydrogen-bond donors (Lipinski definition) is 2. The van der Waals surface area contributed by atoms with Crippen LogP contribution in [0.15, 0.2) is 0 Å². The molecular weight excluding hydrogens is 164 g/mol. The van der Waals surface area contributed by atoms with Crippen LogP contribution in [0.1, 0.15) is 6.42 Å². The Kier molecular flexibility index (Phi) is 4.83. The van der Waals surface area contributed by atoms with Crippen LogP contribution < -0.4 is 4.72 Å². The minimum absolute atomic E-state index is 0.596. The van der Waals surface area contributed by atoms with Crippen molar-refractivity contribution in [1.29, 1.82) is 0 Å². The van der Waals surface area contributed by atoms with Crippen LogP contribution in [0.3, 0.4) is 0 Å². The predicted octanol–water partition coefficient (Wildman–Crippen LogP) is -0.191. The van der Waals surface area contributed by atoms with E-state index in [2.05, 4.69) is 25.9 Å². The van der Waals surface area contributed by atoms with Crippen LogP contribution in [0.5, 0.6) is 0 Å². The Morgan fingerprint density at radius 2 is 2.00 bits per heavy atom. The van der Waals surface area contributed by atoms with Crippen LogP contribution in [0.25, 0.3) is 0 Å². The third-order valence-corrected chi connectivity index (χ3v) is 1.68. The van der Waals surface area contributed by atoms with E-state index in [1.807, 2.05) is 0 Å². The van der Waals surface area contributed by atoms with Crippen molar-refractivity contribution in [3.05, 3.63) is 0 Å². The monoisotopic (exact) mass is 181 g/mol. The highest BCUT2D eigenvalue weighted by Crippen LogP contribution is 1.91. The summed E-state index contributed by atoms with van der Waals surface area (Å²) in [5, 5.41) is 0. The summed E-state index contributed by atoms with van der Waals surface area (Å²) in [5.41, 5.74) is 0. The number of rotatable bonds is 5. The molecule has 1 atom stereocenters. The van der Waals surface area contributed by atoms with Gasteiger partial charge in [0.1, 0.15) is 0 Å². The summed E-state index contributed by atoms with van der Waals surface area (Å²) in [7, 11) is 6.28. The van der Waals surface area contributed by atoms with E-state index in [1.54, 1.807) is 0 Å². The van der Waals surface area contributed by atoms with E-state index in [0.717, 1.165) is 17.4 Å². The smallest absolute Gasteiger partial charge is 0.231 e. The predicted molar refractivity (Wildman–Crippen MR) is 46.3 cm³/mol. The van der Waals surface area contributed by atoms with Crippen molar-refractivity contribution in [1.82, 2.24) is 4.72 Å². The lowest BCUT2D eigenvalue weighted by Gasteiger charge is -2.23. The molecule has 0 heterocycles. The normalized spacial score (nSPS) is 14.9. The van der Waals surface area contributed by atoms with Gasteiger partial charge in [-0.1, -0.05) is 0 Å². The molecule has 4 nitrogen and oxygen atoms in total. The van der Waals surface area contributed by atoms with Crippen LogP contribution in [0, 0.1) is 0 Å². The van der Waals surface area contributed by atoms with Gasteiger partial charge < -0.3 is 4.48 Å². The summed E-state index contributed by atoms with van der Waals surface area (Å²) in [6.45, 7) is 1.60. The first-order valence-electron chi connectivity index (χ1n) is 3.56. The molecule has 0 aliphatic carbocycles. The molecule has 2 N–H and O–H groups in total. The molecule has 0 aromatic carbocycles. The molecule has 0 aromatic rings. The van der Waals surface area contributed by atoms with Crippen molar-refractivity contribution < 1.29 is 13.2 Å². The van der Waals surface area contributed by atoms with Gasteiger partial charge >= 0.3 is 0 Å². The number of hydrogen-bond acceptors (Lipinski definition) is 1. The Hall–Kier alpha value is 0.0300. The summed E-state index contributed by atoms with van der Waals surface area (Å²) in [4.78, 5) is 0. The van der Waals surface area contributed by atoms with Crippen LogP contribution in [0.4, 0.5) is 0 Å². The van der Waals surface area contributed by atoms with Crippen molar-refractivity contribution in [3.63, 3.8) is 0 Å². The number of quaternary nitrogens is 1. The maximum absolute atomic E-state index is 10.1. The summed E-state index contributed by atoms with van der Waals surface area (Å²) in [6.07, 6.45) is 0.913. The molecule has 0 rings (SSSR count). The largest absolute Gasteiger partial charge is 0.331 e. The zero-order chi connectivity index (χ0) is 8.91. The highest BCUT2D eigenvalue weighted by atomic mass is 32.2. The van der Waals surface area contributed by atoms with Gasteiger partial charge in [-0.3, -0.25) is 4.55 Å². The minimum Gasteiger partial charge on any atom is -0.331 e. The van der Waals surface area contributed by atoms with Crippen LogP contribution in [-0.2, 0) is 11.3 Å². The van der Waals surface area contributed by atoms with E-state index in [9.17, 15) is 4.21 Å². The van der Waals surface area contributed by atoms with Gasteiger partial charge in [-0.05, 0) is 0 Å². The molecule has 0 radical (unpaired) electrons. The molecule has 5 heteroatoms. The molecule has 0 amide bonds. The van der Waals surface area contributed by atoms with Crippen molar-refractivity contribution in [3.8, 4) is 0 Å². The standard InChI is InChI=1S/C6H16N2O2S/c1-8(2,3)6-4-5-7-11(9)10/h7H,4-6H2,1-3H3/p+1. The van der Waals surface area contributed by atoms with Gasteiger partial charge in [0, 0.05) is 13.0 Å². The Labute approximate surface area is 70.6 Å². The first-order chi connectivity index (χ1) is 4.92. The van der Waals surface area contributed by atoms with Gasteiger partial charge in [0.05, 0.1) is 27.7 Å². The SMILES string of the molecule is C[N+](C)(C)CCCNS(=O)O. The Bertz CT molecular complexity index is 133. The molecule has 0 fully saturated rings. The molecule has 0 aliphatic rings. The van der Waals surface area contributed by atoms with E-state index >= 15 is 0 Å². The average molecular weight is 181 g/mol. The molecule has 0 saturated heterocycles. The summed E-state index contributed by atoms with van der Waals surface area (Å²) < 4.78 is 21.8.